The highest BCUT2D eigenvalue weighted by Gasteiger charge is 2.21. The van der Waals surface area contributed by atoms with Gasteiger partial charge in [-0.2, -0.15) is 0 Å². The van der Waals surface area contributed by atoms with Crippen LogP contribution in [0.15, 0.2) is 29.0 Å². The average Bonchev–Trinajstić information content (AvgIpc) is 2.76. The van der Waals surface area contributed by atoms with Crippen LogP contribution in [0.4, 0.5) is 5.69 Å². The van der Waals surface area contributed by atoms with E-state index in [9.17, 15) is 9.90 Å². The predicted molar refractivity (Wildman–Crippen MR) is 68.1 cm³/mol. The summed E-state index contributed by atoms with van der Waals surface area (Å²) in [7, 11) is 0. The Labute approximate surface area is 105 Å². The second-order valence-corrected chi connectivity index (χ2v) is 4.56. The molecule has 1 atom stereocenters. The number of aliphatic hydroxyl groups excluding tert-OH is 1. The first kappa shape index (κ1) is 12.6. The van der Waals surface area contributed by atoms with Gasteiger partial charge in [0.05, 0.1) is 12.5 Å². The van der Waals surface area contributed by atoms with Crippen LogP contribution in [0.1, 0.15) is 13.8 Å². The Balaban J connectivity index is 2.15. The number of hydrogen-bond acceptors (Lipinski definition) is 4. The lowest BCUT2D eigenvalue weighted by Crippen LogP contribution is -2.29. The quantitative estimate of drug-likeness (QED) is 0.868. The van der Waals surface area contributed by atoms with E-state index in [1.807, 2.05) is 13.8 Å². The molecule has 96 valence electrons. The van der Waals surface area contributed by atoms with Gasteiger partial charge in [0.1, 0.15) is 5.52 Å². The number of aliphatic hydroxyl groups is 1. The molecule has 2 aromatic rings. The van der Waals surface area contributed by atoms with Crippen molar-refractivity contribution in [2.45, 2.75) is 13.8 Å². The molecule has 18 heavy (non-hydrogen) atoms. The molecule has 0 aliphatic heterocycles. The molecule has 0 bridgehead atoms. The van der Waals surface area contributed by atoms with Crippen LogP contribution in [0.2, 0.25) is 0 Å². The Bertz CT molecular complexity index is 548. The molecule has 2 rings (SSSR count). The van der Waals surface area contributed by atoms with Crippen LogP contribution in [0.5, 0.6) is 0 Å². The van der Waals surface area contributed by atoms with Crippen LogP contribution < -0.4 is 5.32 Å². The van der Waals surface area contributed by atoms with Gasteiger partial charge in [0.2, 0.25) is 5.91 Å². The lowest BCUT2D eigenvalue weighted by Gasteiger charge is -2.17. The van der Waals surface area contributed by atoms with Crippen molar-refractivity contribution < 1.29 is 14.3 Å². The first-order chi connectivity index (χ1) is 8.61. The standard InChI is InChI=1S/C13H16N2O3/c1-8(2)10(6-16)13(17)15-9-3-4-11-12(5-9)18-7-14-11/h3-5,7-8,10,16H,6H2,1-2H3,(H,15,17). The van der Waals surface area contributed by atoms with E-state index in [0.717, 1.165) is 5.52 Å². The third kappa shape index (κ3) is 2.51. The number of carbonyl (C=O) groups excluding carboxylic acids is 1. The zero-order valence-corrected chi connectivity index (χ0v) is 10.4. The first-order valence-electron chi connectivity index (χ1n) is 5.86. The maximum absolute atomic E-state index is 11.9. The van der Waals surface area contributed by atoms with E-state index in [2.05, 4.69) is 10.3 Å². The van der Waals surface area contributed by atoms with Crippen molar-refractivity contribution in [3.05, 3.63) is 24.6 Å². The number of aromatic nitrogens is 1. The lowest BCUT2D eigenvalue weighted by atomic mass is 9.96. The molecule has 5 heteroatoms. The number of carbonyl (C=O) groups is 1. The van der Waals surface area contributed by atoms with Crippen molar-refractivity contribution in [1.82, 2.24) is 4.98 Å². The smallest absolute Gasteiger partial charge is 0.230 e. The van der Waals surface area contributed by atoms with Gasteiger partial charge in [-0.05, 0) is 18.1 Å². The van der Waals surface area contributed by atoms with E-state index in [1.54, 1.807) is 18.2 Å². The second kappa shape index (κ2) is 5.18. The van der Waals surface area contributed by atoms with Crippen LogP contribution >= 0.6 is 0 Å². The van der Waals surface area contributed by atoms with Gasteiger partial charge in [0.25, 0.3) is 0 Å². The number of benzene rings is 1. The largest absolute Gasteiger partial charge is 0.443 e. The minimum absolute atomic E-state index is 0.0870. The number of nitrogens with zero attached hydrogens (tertiary/aromatic N) is 1. The van der Waals surface area contributed by atoms with Crippen LogP contribution in [-0.4, -0.2) is 22.6 Å². The van der Waals surface area contributed by atoms with Gasteiger partial charge in [-0.1, -0.05) is 13.8 Å². The van der Waals surface area contributed by atoms with Gasteiger partial charge in [0, 0.05) is 11.8 Å². The van der Waals surface area contributed by atoms with Crippen molar-refractivity contribution in [3.63, 3.8) is 0 Å². The minimum atomic E-state index is -0.407. The Morgan fingerprint density at radius 1 is 1.50 bits per heavy atom. The van der Waals surface area contributed by atoms with Crippen LogP contribution in [-0.2, 0) is 4.79 Å². The topological polar surface area (TPSA) is 75.4 Å². The summed E-state index contributed by atoms with van der Waals surface area (Å²) in [6.07, 6.45) is 1.36. The van der Waals surface area contributed by atoms with E-state index in [4.69, 9.17) is 4.42 Å². The molecule has 1 amide bonds. The summed E-state index contributed by atoms with van der Waals surface area (Å²) in [5, 5.41) is 12.0. The zero-order chi connectivity index (χ0) is 13.1. The van der Waals surface area contributed by atoms with Gasteiger partial charge in [-0.15, -0.1) is 0 Å². The molecule has 0 fully saturated rings. The highest BCUT2D eigenvalue weighted by molar-refractivity contribution is 5.94. The maximum Gasteiger partial charge on any atom is 0.230 e. The van der Waals surface area contributed by atoms with Gasteiger partial charge in [-0.3, -0.25) is 4.79 Å². The van der Waals surface area contributed by atoms with Crippen molar-refractivity contribution >= 4 is 22.7 Å². The normalized spacial score (nSPS) is 12.9. The summed E-state index contributed by atoms with van der Waals surface area (Å²) in [5.74, 6) is -0.509. The SMILES string of the molecule is CC(C)C(CO)C(=O)Nc1ccc2ncoc2c1. The highest BCUT2D eigenvalue weighted by Crippen LogP contribution is 2.19. The van der Waals surface area contributed by atoms with Gasteiger partial charge in [0.15, 0.2) is 12.0 Å². The van der Waals surface area contributed by atoms with Crippen molar-refractivity contribution in [2.24, 2.45) is 11.8 Å². The summed E-state index contributed by atoms with van der Waals surface area (Å²) in [4.78, 5) is 15.9. The van der Waals surface area contributed by atoms with Crippen LogP contribution in [0, 0.1) is 11.8 Å². The molecule has 0 radical (unpaired) electrons. The van der Waals surface area contributed by atoms with Gasteiger partial charge >= 0.3 is 0 Å². The van der Waals surface area contributed by atoms with E-state index >= 15 is 0 Å². The summed E-state index contributed by atoms with van der Waals surface area (Å²) >= 11 is 0. The molecule has 5 nitrogen and oxygen atoms in total. The molecule has 1 aromatic heterocycles. The monoisotopic (exact) mass is 248 g/mol. The molecular weight excluding hydrogens is 232 g/mol. The molecule has 2 N–H and O–H groups in total. The van der Waals surface area contributed by atoms with Gasteiger partial charge in [-0.25, -0.2) is 4.98 Å². The van der Waals surface area contributed by atoms with E-state index in [0.29, 0.717) is 11.3 Å². The van der Waals surface area contributed by atoms with E-state index < -0.39 is 5.92 Å². The average molecular weight is 248 g/mol. The first-order valence-corrected chi connectivity index (χ1v) is 5.86. The molecule has 0 aliphatic rings. The molecule has 0 aliphatic carbocycles. The summed E-state index contributed by atoms with van der Waals surface area (Å²) in [6, 6.07) is 5.25. The number of hydrogen-bond donors (Lipinski definition) is 2. The predicted octanol–water partition coefficient (Wildman–Crippen LogP) is 2.03. The Morgan fingerprint density at radius 2 is 2.28 bits per heavy atom. The second-order valence-electron chi connectivity index (χ2n) is 4.56. The molecule has 1 aromatic carbocycles. The summed E-state index contributed by atoms with van der Waals surface area (Å²) in [5.41, 5.74) is 2.01. The fraction of sp³-hybridized carbons (Fsp3) is 0.385. The third-order valence-electron chi connectivity index (χ3n) is 2.94. The van der Waals surface area contributed by atoms with E-state index in [-0.39, 0.29) is 18.4 Å². The van der Waals surface area contributed by atoms with E-state index in [1.165, 1.54) is 6.39 Å². The lowest BCUT2D eigenvalue weighted by molar-refractivity contribution is -0.122. The van der Waals surface area contributed by atoms with Crippen molar-refractivity contribution in [1.29, 1.82) is 0 Å². The Morgan fingerprint density at radius 3 is 2.94 bits per heavy atom. The molecule has 0 spiro atoms. The number of anilines is 1. The molecule has 0 saturated carbocycles. The zero-order valence-electron chi connectivity index (χ0n) is 10.4. The number of rotatable bonds is 4. The van der Waals surface area contributed by atoms with Crippen molar-refractivity contribution in [3.8, 4) is 0 Å². The summed E-state index contributed by atoms with van der Waals surface area (Å²) in [6.45, 7) is 3.65. The fourth-order valence-corrected chi connectivity index (χ4v) is 1.76. The Hall–Kier alpha value is -1.88. The highest BCUT2D eigenvalue weighted by atomic mass is 16.3. The number of amides is 1. The number of oxazole rings is 1. The third-order valence-corrected chi connectivity index (χ3v) is 2.94. The van der Waals surface area contributed by atoms with Crippen molar-refractivity contribution in [2.75, 3.05) is 11.9 Å². The van der Waals surface area contributed by atoms with Gasteiger partial charge < -0.3 is 14.8 Å². The van der Waals surface area contributed by atoms with Crippen LogP contribution in [0.3, 0.4) is 0 Å². The molecule has 0 saturated heterocycles. The minimum Gasteiger partial charge on any atom is -0.443 e. The maximum atomic E-state index is 11.9. The number of fused-ring (bicyclic) bond motifs is 1. The number of nitrogens with one attached hydrogen (secondary N) is 1. The fourth-order valence-electron chi connectivity index (χ4n) is 1.76. The Kier molecular flexibility index (Phi) is 3.62. The van der Waals surface area contributed by atoms with Crippen LogP contribution in [0.25, 0.3) is 11.1 Å². The summed E-state index contributed by atoms with van der Waals surface area (Å²) < 4.78 is 5.16. The molecule has 1 unspecified atom stereocenters. The molecule has 1 heterocycles. The molecular formula is C13H16N2O3.